The summed E-state index contributed by atoms with van der Waals surface area (Å²) in [5.74, 6) is 0. The topological polar surface area (TPSA) is 46.5 Å². The fourth-order valence-corrected chi connectivity index (χ4v) is 1.46. The molecule has 0 aliphatic heterocycles. The quantitative estimate of drug-likeness (QED) is 0.761. The lowest BCUT2D eigenvalue weighted by Crippen LogP contribution is -2.02. The third-order valence-corrected chi connectivity index (χ3v) is 2.26. The van der Waals surface area contributed by atoms with Crippen LogP contribution in [0.3, 0.4) is 0 Å². The van der Waals surface area contributed by atoms with Gasteiger partial charge in [-0.25, -0.2) is 4.68 Å². The second kappa shape index (κ2) is 3.71. The zero-order chi connectivity index (χ0) is 9.97. The van der Waals surface area contributed by atoms with E-state index in [0.29, 0.717) is 11.3 Å². The van der Waals surface area contributed by atoms with E-state index in [-0.39, 0.29) is 0 Å². The molecule has 1 aromatic carbocycles. The van der Waals surface area contributed by atoms with Gasteiger partial charge in [-0.2, -0.15) is 5.21 Å². The van der Waals surface area contributed by atoms with Crippen molar-refractivity contribution in [3.8, 4) is 0 Å². The summed E-state index contributed by atoms with van der Waals surface area (Å²) >= 11 is 4.98. The number of hydrogen-bond acceptors (Lipinski definition) is 3. The Morgan fingerprint density at radius 2 is 2.36 bits per heavy atom. The van der Waals surface area contributed by atoms with Gasteiger partial charge in [0.2, 0.25) is 4.77 Å². The largest absolute Gasteiger partial charge is 0.238 e. The standard InChI is InChI=1S/C9H10N4S/c1-7-3-2-4-8(5-7)6-13-9(14)10-11-12-13/h2-5H,6H2,1H3,(H,10,12,14). The summed E-state index contributed by atoms with van der Waals surface area (Å²) in [5, 5.41) is 10.1. The van der Waals surface area contributed by atoms with Gasteiger partial charge in [0.1, 0.15) is 0 Å². The molecule has 1 heterocycles. The van der Waals surface area contributed by atoms with Crippen LogP contribution in [0.5, 0.6) is 0 Å². The molecule has 5 heteroatoms. The zero-order valence-corrected chi connectivity index (χ0v) is 8.58. The number of tetrazole rings is 1. The lowest BCUT2D eigenvalue weighted by Gasteiger charge is -2.01. The van der Waals surface area contributed by atoms with E-state index in [2.05, 4.69) is 40.6 Å². The predicted octanol–water partition coefficient (Wildman–Crippen LogP) is 1.69. The van der Waals surface area contributed by atoms with Crippen molar-refractivity contribution < 1.29 is 0 Å². The Hall–Kier alpha value is -1.49. The molecule has 0 atom stereocenters. The number of aryl methyl sites for hydroxylation is 1. The van der Waals surface area contributed by atoms with E-state index in [4.69, 9.17) is 12.2 Å². The van der Waals surface area contributed by atoms with E-state index in [1.807, 2.05) is 6.07 Å². The van der Waals surface area contributed by atoms with E-state index in [1.165, 1.54) is 11.1 Å². The summed E-state index contributed by atoms with van der Waals surface area (Å²) in [5.41, 5.74) is 2.42. The van der Waals surface area contributed by atoms with Crippen LogP contribution in [0.4, 0.5) is 0 Å². The molecule has 0 saturated heterocycles. The van der Waals surface area contributed by atoms with Crippen molar-refractivity contribution >= 4 is 12.2 Å². The van der Waals surface area contributed by atoms with Gasteiger partial charge in [0.25, 0.3) is 0 Å². The van der Waals surface area contributed by atoms with Crippen molar-refractivity contribution in [1.82, 2.24) is 20.2 Å². The van der Waals surface area contributed by atoms with Crippen LogP contribution in [-0.4, -0.2) is 20.2 Å². The molecule has 0 amide bonds. The number of benzene rings is 1. The summed E-state index contributed by atoms with van der Waals surface area (Å²) in [7, 11) is 0. The highest BCUT2D eigenvalue weighted by Gasteiger charge is 1.97. The first kappa shape index (κ1) is 9.08. The Morgan fingerprint density at radius 3 is 3.00 bits per heavy atom. The maximum Gasteiger partial charge on any atom is 0.238 e. The lowest BCUT2D eigenvalue weighted by molar-refractivity contribution is 0.642. The van der Waals surface area contributed by atoms with Crippen LogP contribution in [0.2, 0.25) is 0 Å². The summed E-state index contributed by atoms with van der Waals surface area (Å²) in [6.07, 6.45) is 0. The third kappa shape index (κ3) is 1.88. The SMILES string of the molecule is Cc1cccc(Cn2[nH]nnc2=S)c1. The molecule has 1 aromatic heterocycles. The second-order valence-electron chi connectivity index (χ2n) is 3.16. The monoisotopic (exact) mass is 206 g/mol. The van der Waals surface area contributed by atoms with Crippen LogP contribution < -0.4 is 0 Å². The number of H-pyrrole nitrogens is 1. The number of rotatable bonds is 2. The van der Waals surface area contributed by atoms with Crippen molar-refractivity contribution in [2.75, 3.05) is 0 Å². The van der Waals surface area contributed by atoms with Crippen LogP contribution in [0, 0.1) is 11.7 Å². The van der Waals surface area contributed by atoms with Crippen molar-refractivity contribution in [3.05, 3.63) is 40.2 Å². The Balaban J connectivity index is 2.27. The molecular weight excluding hydrogens is 196 g/mol. The number of hydrogen-bond donors (Lipinski definition) is 1. The molecule has 14 heavy (non-hydrogen) atoms. The molecule has 4 nitrogen and oxygen atoms in total. The van der Waals surface area contributed by atoms with Crippen molar-refractivity contribution in [3.63, 3.8) is 0 Å². The molecule has 0 radical (unpaired) electrons. The molecule has 1 N–H and O–H groups in total. The van der Waals surface area contributed by atoms with Crippen molar-refractivity contribution in [2.45, 2.75) is 13.5 Å². The molecule has 2 rings (SSSR count). The molecule has 0 saturated carbocycles. The first-order valence-electron chi connectivity index (χ1n) is 4.29. The Bertz CT molecular complexity index is 485. The minimum absolute atomic E-state index is 0.478. The van der Waals surface area contributed by atoms with Gasteiger partial charge >= 0.3 is 0 Å². The molecule has 0 bridgehead atoms. The number of nitrogens with zero attached hydrogens (tertiary/aromatic N) is 3. The fourth-order valence-electron chi connectivity index (χ4n) is 1.31. The van der Waals surface area contributed by atoms with Gasteiger partial charge in [0, 0.05) is 0 Å². The maximum absolute atomic E-state index is 4.98. The molecule has 0 spiro atoms. The first-order valence-corrected chi connectivity index (χ1v) is 4.70. The summed E-state index contributed by atoms with van der Waals surface area (Å²) in [4.78, 5) is 0. The Kier molecular flexibility index (Phi) is 2.41. The van der Waals surface area contributed by atoms with Gasteiger partial charge < -0.3 is 0 Å². The molecule has 0 aliphatic carbocycles. The van der Waals surface area contributed by atoms with Crippen LogP contribution in [-0.2, 0) is 6.54 Å². The maximum atomic E-state index is 4.98. The highest BCUT2D eigenvalue weighted by Crippen LogP contribution is 2.05. The predicted molar refractivity (Wildman–Crippen MR) is 55.5 cm³/mol. The average Bonchev–Trinajstić information content (AvgIpc) is 2.52. The molecule has 72 valence electrons. The van der Waals surface area contributed by atoms with Gasteiger partial charge in [0.15, 0.2) is 0 Å². The van der Waals surface area contributed by atoms with E-state index in [9.17, 15) is 0 Å². The third-order valence-electron chi connectivity index (χ3n) is 1.96. The van der Waals surface area contributed by atoms with E-state index >= 15 is 0 Å². The van der Waals surface area contributed by atoms with Gasteiger partial charge in [-0.1, -0.05) is 40.1 Å². The van der Waals surface area contributed by atoms with Gasteiger partial charge in [0.05, 0.1) is 6.54 Å². The minimum atomic E-state index is 0.478. The zero-order valence-electron chi connectivity index (χ0n) is 7.77. The van der Waals surface area contributed by atoms with Crippen LogP contribution in [0.1, 0.15) is 11.1 Å². The van der Waals surface area contributed by atoms with Crippen LogP contribution in [0.25, 0.3) is 0 Å². The van der Waals surface area contributed by atoms with E-state index in [1.54, 1.807) is 4.68 Å². The molecular formula is C9H10N4S. The molecule has 2 aromatic rings. The van der Waals surface area contributed by atoms with Crippen LogP contribution in [0.15, 0.2) is 24.3 Å². The second-order valence-corrected chi connectivity index (χ2v) is 3.52. The number of nitrogens with one attached hydrogen (secondary N) is 1. The molecule has 0 fully saturated rings. The molecule has 0 aliphatic rings. The number of aromatic nitrogens is 4. The Morgan fingerprint density at radius 1 is 1.50 bits per heavy atom. The summed E-state index contributed by atoms with van der Waals surface area (Å²) in [6.45, 7) is 2.75. The van der Waals surface area contributed by atoms with Gasteiger partial charge in [-0.3, -0.25) is 0 Å². The normalized spacial score (nSPS) is 10.4. The fraction of sp³-hybridized carbons (Fsp3) is 0.222. The average molecular weight is 206 g/mol. The Labute approximate surface area is 86.6 Å². The van der Waals surface area contributed by atoms with Crippen molar-refractivity contribution in [1.29, 1.82) is 0 Å². The highest BCUT2D eigenvalue weighted by atomic mass is 32.1. The lowest BCUT2D eigenvalue weighted by atomic mass is 10.1. The van der Waals surface area contributed by atoms with E-state index in [0.717, 1.165) is 0 Å². The van der Waals surface area contributed by atoms with E-state index < -0.39 is 0 Å². The minimum Gasteiger partial charge on any atom is -0.238 e. The van der Waals surface area contributed by atoms with Crippen LogP contribution >= 0.6 is 12.2 Å². The summed E-state index contributed by atoms with van der Waals surface area (Å²) < 4.78 is 2.20. The van der Waals surface area contributed by atoms with Gasteiger partial charge in [-0.15, -0.1) is 0 Å². The molecule has 0 unspecified atom stereocenters. The highest BCUT2D eigenvalue weighted by molar-refractivity contribution is 7.71. The first-order chi connectivity index (χ1) is 6.75. The van der Waals surface area contributed by atoms with Gasteiger partial charge in [-0.05, 0) is 24.7 Å². The smallest absolute Gasteiger partial charge is 0.238 e. The number of aromatic amines is 1. The summed E-state index contributed by atoms with van der Waals surface area (Å²) in [6, 6.07) is 8.25. The van der Waals surface area contributed by atoms with Crippen molar-refractivity contribution in [2.24, 2.45) is 0 Å².